The molecule has 2 fully saturated rings. The van der Waals surface area contributed by atoms with E-state index in [1.54, 1.807) is 36.4 Å². The first kappa shape index (κ1) is 54.7. The van der Waals surface area contributed by atoms with Crippen LogP contribution in [0.15, 0.2) is 156 Å². The van der Waals surface area contributed by atoms with Crippen molar-refractivity contribution in [3.8, 4) is 23.0 Å². The number of nitrogens with zero attached hydrogens (tertiary/aromatic N) is 2. The van der Waals surface area contributed by atoms with E-state index in [1.807, 2.05) is 35.0 Å². The van der Waals surface area contributed by atoms with Crippen molar-refractivity contribution in [3.63, 3.8) is 0 Å². The predicted molar refractivity (Wildman–Crippen MR) is 296 cm³/mol. The molecule has 0 aliphatic carbocycles. The number of hydrogen-bond donors (Lipinski definition) is 2. The van der Waals surface area contributed by atoms with Crippen LogP contribution < -0.4 is 24.8 Å². The Balaban J connectivity index is 0.817. The highest BCUT2D eigenvalue weighted by Crippen LogP contribution is 2.58. The van der Waals surface area contributed by atoms with Crippen LogP contribution in [0.1, 0.15) is 36.8 Å². The smallest absolute Gasteiger partial charge is 0.355 e. The summed E-state index contributed by atoms with van der Waals surface area (Å²) in [7, 11) is 0. The molecule has 0 saturated carbocycles. The lowest BCUT2D eigenvalue weighted by molar-refractivity contribution is -0.152. The van der Waals surface area contributed by atoms with Gasteiger partial charge in [-0.1, -0.05) is 67.8 Å². The zero-order valence-corrected chi connectivity index (χ0v) is 45.8. The molecule has 11 rings (SSSR count). The van der Waals surface area contributed by atoms with E-state index >= 15 is 8.78 Å². The topological polar surface area (TPSA) is 205 Å². The molecule has 414 valence electrons. The summed E-state index contributed by atoms with van der Waals surface area (Å²) in [5, 5.41) is 8.16. The Hall–Kier alpha value is -8.25. The number of carbonyl (C=O) groups excluding carboxylic acids is 7. The van der Waals surface area contributed by atoms with Crippen LogP contribution in [0.5, 0.6) is 23.0 Å². The molecule has 2 saturated heterocycles. The molecule has 0 bridgehead atoms. The van der Waals surface area contributed by atoms with Gasteiger partial charge in [-0.3, -0.25) is 29.0 Å². The number of nitrogens with one attached hydrogen (secondary N) is 2. The summed E-state index contributed by atoms with van der Waals surface area (Å²) >= 11 is 5.53. The summed E-state index contributed by atoms with van der Waals surface area (Å²) in [6, 6.07) is 16.8. The fourth-order valence-electron chi connectivity index (χ4n) is 10.1. The summed E-state index contributed by atoms with van der Waals surface area (Å²) in [4.78, 5) is 97.4. The third-order valence-electron chi connectivity index (χ3n) is 13.6. The van der Waals surface area contributed by atoms with Crippen LogP contribution in [-0.2, 0) is 61.4 Å². The quantitative estimate of drug-likeness (QED) is 0.0331. The SMILES string of the molecule is C=CCOC(=O)C1=C(/C=C/COc2cc3c(cc2F)C2(OC(=O)c4ccccc42)c2cc(F)c(OC/C=C/C4=C(C(=O)OCC=C)N5C(=O)C(NC(=O)Cc6cccs6)C5SC4)cc2O3)CSC2C(NC(=O)Cc3cccs3)C(=O)N12. The van der Waals surface area contributed by atoms with Crippen LogP contribution in [0.2, 0.25) is 0 Å². The molecule has 5 aromatic rings. The second kappa shape index (κ2) is 23.1. The Morgan fingerprint density at radius 3 is 1.59 bits per heavy atom. The van der Waals surface area contributed by atoms with E-state index in [4.69, 9.17) is 28.4 Å². The van der Waals surface area contributed by atoms with Gasteiger partial charge in [-0.15, -0.1) is 46.2 Å². The van der Waals surface area contributed by atoms with Crippen LogP contribution in [-0.4, -0.2) is 112 Å². The van der Waals surface area contributed by atoms with Crippen LogP contribution in [0, 0.1) is 11.6 Å². The molecule has 4 atom stereocenters. The molecular weight excluding hydrogens is 1130 g/mol. The Morgan fingerprint density at radius 1 is 0.654 bits per heavy atom. The van der Waals surface area contributed by atoms with Gasteiger partial charge in [0.25, 0.3) is 11.8 Å². The average molecular weight is 1170 g/mol. The number of esters is 3. The number of rotatable bonds is 20. The highest BCUT2D eigenvalue weighted by Gasteiger charge is 2.57. The van der Waals surface area contributed by atoms with Gasteiger partial charge in [0.05, 0.1) is 29.5 Å². The summed E-state index contributed by atoms with van der Waals surface area (Å²) in [6.45, 7) is 6.47. The van der Waals surface area contributed by atoms with Gasteiger partial charge in [-0.2, -0.15) is 0 Å². The van der Waals surface area contributed by atoms with Gasteiger partial charge in [-0.25, -0.2) is 23.2 Å². The number of benzene rings is 3. The van der Waals surface area contributed by atoms with Crippen molar-refractivity contribution in [2.24, 2.45) is 0 Å². The number of fused-ring (bicyclic) bond motifs is 8. The van der Waals surface area contributed by atoms with E-state index in [0.29, 0.717) is 16.7 Å². The van der Waals surface area contributed by atoms with Gasteiger partial charge in [0.2, 0.25) is 11.8 Å². The number of halogens is 2. The Labute approximate surface area is 477 Å². The number of ether oxygens (including phenoxy) is 6. The Bertz CT molecular complexity index is 3380. The normalized spacial score (nSPS) is 21.2. The summed E-state index contributed by atoms with van der Waals surface area (Å²) in [5.41, 5.74) is -0.495. The summed E-state index contributed by atoms with van der Waals surface area (Å²) in [6.07, 6.45) is 9.18. The molecule has 81 heavy (non-hydrogen) atoms. The van der Waals surface area contributed by atoms with E-state index in [-0.39, 0.29) is 114 Å². The highest BCUT2D eigenvalue weighted by atomic mass is 32.2. The maximum absolute atomic E-state index is 16.4. The lowest BCUT2D eigenvalue weighted by Crippen LogP contribution is -2.70. The van der Waals surface area contributed by atoms with Crippen LogP contribution in [0.4, 0.5) is 8.78 Å². The van der Waals surface area contributed by atoms with Crippen LogP contribution >= 0.6 is 46.2 Å². The Kier molecular flexibility index (Phi) is 15.6. The van der Waals surface area contributed by atoms with E-state index in [2.05, 4.69) is 23.8 Å². The molecule has 2 aromatic heterocycles. The average Bonchev–Trinajstić information content (AvgIpc) is 3.97. The standard InChI is InChI=1S/C58H46F2N4O13S4/c1-3-17-74-56(70)49-31(29-80-53-47(51(67)63(49)53)61-45(65)23-33-13-9-21-78-33)11-7-19-72-43-27-41-37(25-39(43)59)58(36-16-6-5-15-35(36)55(69)77-58)38-26-40(60)44(28-42(38)76-41)73-20-8-12-32-30-81-54-48(62-46(66)24-34-14-10-22-79-34)52(68)64(54)50(32)57(71)75-18-4-2/h3-16,21-22,25-28,47-48,53-54H,1-2,17-20,23-24,29-30H2,(H,61,65)(H,62,66)/b11-7+,12-8+. The van der Waals surface area contributed by atoms with Crippen molar-refractivity contribution in [3.05, 3.63) is 199 Å². The monoisotopic (exact) mass is 1170 g/mol. The lowest BCUT2D eigenvalue weighted by Gasteiger charge is -2.49. The van der Waals surface area contributed by atoms with E-state index in [0.717, 1.165) is 21.9 Å². The van der Waals surface area contributed by atoms with E-state index in [1.165, 1.54) is 92.4 Å². The molecule has 0 radical (unpaired) electrons. The summed E-state index contributed by atoms with van der Waals surface area (Å²) < 4.78 is 67.9. The van der Waals surface area contributed by atoms with Crippen molar-refractivity contribution >= 4 is 87.7 Å². The van der Waals surface area contributed by atoms with Gasteiger partial charge < -0.3 is 39.1 Å². The van der Waals surface area contributed by atoms with Crippen molar-refractivity contribution in [2.45, 2.75) is 41.3 Å². The molecule has 2 N–H and O–H groups in total. The number of hydrogen-bond acceptors (Lipinski definition) is 17. The summed E-state index contributed by atoms with van der Waals surface area (Å²) in [5.74, 6) is -5.72. The second-order valence-corrected chi connectivity index (χ2v) is 22.9. The molecule has 6 aliphatic heterocycles. The second-order valence-electron chi connectivity index (χ2n) is 18.6. The fourth-order valence-corrected chi connectivity index (χ4v) is 14.1. The highest BCUT2D eigenvalue weighted by molar-refractivity contribution is 8.00. The van der Waals surface area contributed by atoms with E-state index < -0.39 is 69.8 Å². The van der Waals surface area contributed by atoms with Gasteiger partial charge in [-0.05, 0) is 64.4 Å². The van der Waals surface area contributed by atoms with Gasteiger partial charge in [0.15, 0.2) is 28.7 Å². The van der Waals surface area contributed by atoms with Crippen LogP contribution in [0.3, 0.4) is 0 Å². The minimum Gasteiger partial charge on any atom is -0.486 e. The van der Waals surface area contributed by atoms with Crippen molar-refractivity contribution < 1.29 is 70.8 Å². The molecule has 4 unspecified atom stereocenters. The fraction of sp³-hybridized carbons (Fsp3) is 0.224. The number of allylic oxidation sites excluding steroid dienone is 2. The van der Waals surface area contributed by atoms with Crippen LogP contribution in [0.25, 0.3) is 0 Å². The van der Waals surface area contributed by atoms with Crippen molar-refractivity contribution in [2.75, 3.05) is 37.9 Å². The molecule has 4 amide bonds. The van der Waals surface area contributed by atoms with Gasteiger partial charge >= 0.3 is 17.9 Å². The number of carbonyl (C=O) groups is 7. The zero-order valence-electron chi connectivity index (χ0n) is 42.5. The van der Waals surface area contributed by atoms with Gasteiger partial charge in [0, 0.05) is 39.0 Å². The number of thioether (sulfide) groups is 2. The predicted octanol–water partition coefficient (Wildman–Crippen LogP) is 7.78. The molecule has 3 aromatic carbocycles. The molecule has 17 nitrogen and oxygen atoms in total. The minimum absolute atomic E-state index is 0.00335. The third-order valence-corrected chi connectivity index (χ3v) is 18.0. The lowest BCUT2D eigenvalue weighted by atomic mass is 9.77. The third kappa shape index (κ3) is 10.3. The molecule has 6 aliphatic rings. The van der Waals surface area contributed by atoms with Gasteiger partial charge in [0.1, 0.15) is 72.2 Å². The maximum Gasteiger partial charge on any atom is 0.355 e. The first-order valence-corrected chi connectivity index (χ1v) is 29.0. The first-order chi connectivity index (χ1) is 39.3. The number of β-lactam (4-membered cyclic amide) rings is 2. The number of thiophene rings is 2. The molecule has 1 spiro atoms. The van der Waals surface area contributed by atoms with Crippen molar-refractivity contribution in [1.82, 2.24) is 20.4 Å². The molecule has 8 heterocycles. The van der Waals surface area contributed by atoms with Crippen molar-refractivity contribution in [1.29, 1.82) is 0 Å². The van der Waals surface area contributed by atoms with E-state index in [9.17, 15) is 33.6 Å². The first-order valence-electron chi connectivity index (χ1n) is 25.1. The Morgan fingerprint density at radius 2 is 1.14 bits per heavy atom. The maximum atomic E-state index is 16.4. The number of amides is 4. The zero-order chi connectivity index (χ0) is 56.5. The largest absolute Gasteiger partial charge is 0.486 e. The molecule has 23 heteroatoms. The minimum atomic E-state index is -1.88. The molecular formula is C58H46F2N4O13S4.